The molecule has 1 aliphatic carbocycles. The number of anilines is 3. The summed E-state index contributed by atoms with van der Waals surface area (Å²) < 4.78 is 42.0. The lowest BCUT2D eigenvalue weighted by Gasteiger charge is -2.36. The maximum Gasteiger partial charge on any atom is 0.573 e. The fourth-order valence-electron chi connectivity index (χ4n) is 5.07. The average Bonchev–Trinajstić information content (AvgIpc) is 2.92. The molecule has 0 radical (unpaired) electrons. The van der Waals surface area contributed by atoms with Crippen LogP contribution >= 0.6 is 0 Å². The zero-order valence-corrected chi connectivity index (χ0v) is 22.7. The van der Waals surface area contributed by atoms with Crippen LogP contribution in [-0.4, -0.2) is 85.5 Å². The Labute approximate surface area is 226 Å². The predicted octanol–water partition coefficient (Wildman–Crippen LogP) is 3.27. The molecule has 1 aromatic carbocycles. The number of benzene rings is 1. The molecule has 13 heteroatoms. The van der Waals surface area contributed by atoms with E-state index in [2.05, 4.69) is 47.1 Å². The number of hydrogen-bond acceptors (Lipinski definition) is 9. The summed E-state index contributed by atoms with van der Waals surface area (Å²) in [5, 5.41) is 5.79. The minimum atomic E-state index is -4.78. The summed E-state index contributed by atoms with van der Waals surface area (Å²) in [7, 11) is 5.90. The van der Waals surface area contributed by atoms with E-state index in [0.717, 1.165) is 51.9 Å². The van der Waals surface area contributed by atoms with Crippen molar-refractivity contribution in [1.29, 1.82) is 0 Å². The summed E-state index contributed by atoms with van der Waals surface area (Å²) in [4.78, 5) is 33.1. The summed E-state index contributed by atoms with van der Waals surface area (Å²) in [5.41, 5.74) is 0.280. The number of rotatable bonds is 9. The van der Waals surface area contributed by atoms with Crippen molar-refractivity contribution >= 4 is 23.8 Å². The van der Waals surface area contributed by atoms with Crippen molar-refractivity contribution in [3.63, 3.8) is 0 Å². The summed E-state index contributed by atoms with van der Waals surface area (Å²) >= 11 is 0. The van der Waals surface area contributed by atoms with Gasteiger partial charge in [0.25, 0.3) is 0 Å². The monoisotopic (exact) mass is 550 g/mol. The highest BCUT2D eigenvalue weighted by molar-refractivity contribution is 5.76. The number of halogens is 3. The van der Waals surface area contributed by atoms with Gasteiger partial charge in [-0.15, -0.1) is 13.2 Å². The van der Waals surface area contributed by atoms with Crippen LogP contribution in [0.15, 0.2) is 24.3 Å². The third-order valence-corrected chi connectivity index (χ3v) is 7.45. The molecule has 4 rings (SSSR count). The first-order chi connectivity index (χ1) is 18.6. The van der Waals surface area contributed by atoms with E-state index < -0.39 is 6.36 Å². The number of para-hydroxylation sites is 1. The Bertz CT molecular complexity index is 1100. The van der Waals surface area contributed by atoms with Gasteiger partial charge in [0.1, 0.15) is 5.75 Å². The number of hydrogen-bond donors (Lipinski definition) is 2. The van der Waals surface area contributed by atoms with Crippen molar-refractivity contribution < 1.29 is 22.7 Å². The van der Waals surface area contributed by atoms with E-state index in [1.54, 1.807) is 13.1 Å². The van der Waals surface area contributed by atoms with Crippen LogP contribution in [0, 0.1) is 5.92 Å². The van der Waals surface area contributed by atoms with Crippen LogP contribution in [0.25, 0.3) is 0 Å². The van der Waals surface area contributed by atoms with E-state index in [0.29, 0.717) is 24.3 Å². The standard InChI is InChI=1S/C26H37F3N8O2/c1-30-23-32-24(34-25(33-23)37-14-12-35(2)13-15-37)36(3)20-10-8-18(9-11-20)16-22(38)31-17-19-6-4-5-7-21(19)39-26(27,28)29/h4-7,18,20H,8-17H2,1-3H3,(H,31,38)(H,30,32,33,34). The summed E-state index contributed by atoms with van der Waals surface area (Å²) in [6.45, 7) is 3.61. The van der Waals surface area contributed by atoms with Crippen LogP contribution in [0.4, 0.5) is 31.0 Å². The molecule has 1 saturated carbocycles. The number of aromatic nitrogens is 3. The molecule has 1 amide bonds. The Morgan fingerprint density at radius 2 is 1.77 bits per heavy atom. The van der Waals surface area contributed by atoms with Gasteiger partial charge in [0.05, 0.1) is 0 Å². The topological polar surface area (TPSA) is 98.8 Å². The lowest BCUT2D eigenvalue weighted by molar-refractivity contribution is -0.274. The fraction of sp³-hybridized carbons (Fsp3) is 0.615. The van der Waals surface area contributed by atoms with Crippen LogP contribution in [-0.2, 0) is 11.3 Å². The molecule has 2 N–H and O–H groups in total. The van der Waals surface area contributed by atoms with E-state index in [9.17, 15) is 18.0 Å². The quantitative estimate of drug-likeness (QED) is 0.488. The Hall–Kier alpha value is -3.35. The number of alkyl halides is 3. The molecule has 39 heavy (non-hydrogen) atoms. The van der Waals surface area contributed by atoms with Crippen molar-refractivity contribution in [2.75, 3.05) is 62.4 Å². The minimum absolute atomic E-state index is 0.0218. The molecule has 0 atom stereocenters. The van der Waals surface area contributed by atoms with E-state index >= 15 is 0 Å². The summed E-state index contributed by atoms with van der Waals surface area (Å²) in [6, 6.07) is 6.07. The number of nitrogens with zero attached hydrogens (tertiary/aromatic N) is 6. The van der Waals surface area contributed by atoms with Gasteiger partial charge in [0.15, 0.2) is 0 Å². The van der Waals surface area contributed by atoms with Crippen LogP contribution in [0.1, 0.15) is 37.7 Å². The zero-order chi connectivity index (χ0) is 28.0. The molecule has 1 saturated heterocycles. The molecule has 10 nitrogen and oxygen atoms in total. The van der Waals surface area contributed by atoms with Gasteiger partial charge in [0, 0.05) is 64.8 Å². The molecular weight excluding hydrogens is 513 g/mol. The smallest absolute Gasteiger partial charge is 0.405 e. The van der Waals surface area contributed by atoms with Crippen molar-refractivity contribution in [2.45, 2.75) is 51.1 Å². The fourth-order valence-corrected chi connectivity index (χ4v) is 5.07. The Morgan fingerprint density at radius 1 is 1.08 bits per heavy atom. The molecule has 1 aliphatic heterocycles. The molecular formula is C26H37F3N8O2. The largest absolute Gasteiger partial charge is 0.573 e. The Kier molecular flexibility index (Phi) is 9.31. The third kappa shape index (κ3) is 8.07. The molecule has 2 aliphatic rings. The van der Waals surface area contributed by atoms with Crippen molar-refractivity contribution in [3.8, 4) is 5.75 Å². The number of amides is 1. The number of carbonyl (C=O) groups excluding carboxylic acids is 1. The maximum absolute atomic E-state index is 12.7. The molecule has 214 valence electrons. The Morgan fingerprint density at radius 3 is 2.44 bits per heavy atom. The highest BCUT2D eigenvalue weighted by atomic mass is 19.4. The van der Waals surface area contributed by atoms with Crippen LogP contribution in [0.2, 0.25) is 0 Å². The second-order valence-corrected chi connectivity index (χ2v) is 10.2. The minimum Gasteiger partial charge on any atom is -0.405 e. The van der Waals surface area contributed by atoms with Gasteiger partial charge in [-0.2, -0.15) is 15.0 Å². The van der Waals surface area contributed by atoms with E-state index in [-0.39, 0.29) is 35.7 Å². The molecule has 0 spiro atoms. The van der Waals surface area contributed by atoms with E-state index in [1.165, 1.54) is 18.2 Å². The van der Waals surface area contributed by atoms with Gasteiger partial charge in [-0.05, 0) is 44.7 Å². The number of carbonyl (C=O) groups is 1. The zero-order valence-electron chi connectivity index (χ0n) is 22.7. The lowest BCUT2D eigenvalue weighted by atomic mass is 9.83. The van der Waals surface area contributed by atoms with E-state index in [4.69, 9.17) is 4.98 Å². The van der Waals surface area contributed by atoms with E-state index in [1.807, 2.05) is 7.05 Å². The molecule has 2 fully saturated rings. The number of likely N-dealkylation sites (N-methyl/N-ethyl adjacent to an activating group) is 1. The van der Waals surface area contributed by atoms with Crippen LogP contribution in [0.5, 0.6) is 5.75 Å². The van der Waals surface area contributed by atoms with Crippen molar-refractivity contribution in [3.05, 3.63) is 29.8 Å². The predicted molar refractivity (Wildman–Crippen MR) is 143 cm³/mol. The summed E-state index contributed by atoms with van der Waals surface area (Å²) in [5.74, 6) is 1.57. The lowest BCUT2D eigenvalue weighted by Crippen LogP contribution is -2.45. The van der Waals surface area contributed by atoms with Crippen LogP contribution < -0.4 is 25.2 Å². The maximum atomic E-state index is 12.7. The first-order valence-corrected chi connectivity index (χ1v) is 13.3. The van der Waals surface area contributed by atoms with Gasteiger partial charge in [0.2, 0.25) is 23.8 Å². The average molecular weight is 551 g/mol. The highest BCUT2D eigenvalue weighted by Gasteiger charge is 2.32. The van der Waals surface area contributed by atoms with Crippen LogP contribution in [0.3, 0.4) is 0 Å². The van der Waals surface area contributed by atoms with Crippen molar-refractivity contribution in [1.82, 2.24) is 25.2 Å². The SMILES string of the molecule is CNc1nc(N2CCN(C)CC2)nc(N(C)C2CCC(CC(=O)NCc3ccccc3OC(F)(F)F)CC2)n1. The number of ether oxygens (including phenoxy) is 1. The highest BCUT2D eigenvalue weighted by Crippen LogP contribution is 2.31. The number of nitrogens with one attached hydrogen (secondary N) is 2. The molecule has 1 aromatic heterocycles. The first kappa shape index (κ1) is 28.7. The normalized spacial score (nSPS) is 20.4. The van der Waals surface area contributed by atoms with Gasteiger partial charge in [-0.25, -0.2) is 0 Å². The van der Waals surface area contributed by atoms with Gasteiger partial charge >= 0.3 is 6.36 Å². The molecule has 2 heterocycles. The molecule has 0 unspecified atom stereocenters. The van der Waals surface area contributed by atoms with Gasteiger partial charge in [-0.1, -0.05) is 18.2 Å². The second-order valence-electron chi connectivity index (χ2n) is 10.2. The third-order valence-electron chi connectivity index (χ3n) is 7.45. The van der Waals surface area contributed by atoms with Crippen molar-refractivity contribution in [2.24, 2.45) is 5.92 Å². The molecule has 2 aromatic rings. The number of piperazine rings is 1. The van der Waals surface area contributed by atoms with Gasteiger partial charge < -0.3 is 30.1 Å². The summed E-state index contributed by atoms with van der Waals surface area (Å²) in [6.07, 6.45) is -0.935. The second kappa shape index (κ2) is 12.7. The molecule has 0 bridgehead atoms. The Balaban J connectivity index is 1.28. The van der Waals surface area contributed by atoms with Gasteiger partial charge in [-0.3, -0.25) is 4.79 Å². The first-order valence-electron chi connectivity index (χ1n) is 13.3.